The Hall–Kier alpha value is -5.38. The van der Waals surface area contributed by atoms with Crippen molar-refractivity contribution in [2.24, 2.45) is 0 Å². The molecule has 46 heavy (non-hydrogen) atoms. The molecule has 3 heteroatoms. The van der Waals surface area contributed by atoms with Gasteiger partial charge in [-0.25, -0.2) is 0 Å². The van der Waals surface area contributed by atoms with Crippen LogP contribution in [0.4, 0.5) is 17.1 Å². The smallest absolute Gasteiger partial charge is 0.144 e. The maximum atomic E-state index is 6.90. The molecule has 0 fully saturated rings. The minimum Gasteiger partial charge on any atom is -0.455 e. The Bertz CT molecular complexity index is 2680. The van der Waals surface area contributed by atoms with Gasteiger partial charge in [-0.1, -0.05) is 98.8 Å². The molecule has 0 radical (unpaired) electrons. The second-order valence-electron chi connectivity index (χ2n) is 12.9. The summed E-state index contributed by atoms with van der Waals surface area (Å²) in [6.07, 6.45) is 0. The normalized spacial score (nSPS) is 13.6. The zero-order chi connectivity index (χ0) is 30.6. The molecule has 7 aromatic carbocycles. The maximum Gasteiger partial charge on any atom is 0.144 e. The first kappa shape index (κ1) is 25.9. The molecule has 2 heterocycles. The predicted molar refractivity (Wildman–Crippen MR) is 196 cm³/mol. The summed E-state index contributed by atoms with van der Waals surface area (Å²) >= 11 is 1.84. The lowest BCUT2D eigenvalue weighted by molar-refractivity contribution is 0.660. The van der Waals surface area contributed by atoms with Crippen LogP contribution in [0.3, 0.4) is 0 Å². The first-order chi connectivity index (χ1) is 22.6. The Morgan fingerprint density at radius 2 is 1.26 bits per heavy atom. The topological polar surface area (TPSA) is 16.4 Å². The summed E-state index contributed by atoms with van der Waals surface area (Å²) in [5, 5.41) is 7.07. The van der Waals surface area contributed by atoms with Gasteiger partial charge in [-0.05, 0) is 82.2 Å². The van der Waals surface area contributed by atoms with Crippen LogP contribution < -0.4 is 4.90 Å². The van der Waals surface area contributed by atoms with E-state index in [4.69, 9.17) is 4.42 Å². The fourth-order valence-corrected chi connectivity index (χ4v) is 8.99. The van der Waals surface area contributed by atoms with Gasteiger partial charge in [0.15, 0.2) is 0 Å². The Morgan fingerprint density at radius 3 is 2.17 bits per heavy atom. The zero-order valence-electron chi connectivity index (χ0n) is 25.5. The van der Waals surface area contributed by atoms with E-state index in [0.717, 1.165) is 44.4 Å². The van der Waals surface area contributed by atoms with E-state index in [2.05, 4.69) is 158 Å². The summed E-state index contributed by atoms with van der Waals surface area (Å²) in [7, 11) is 0. The number of furan rings is 1. The van der Waals surface area contributed by atoms with Crippen molar-refractivity contribution in [1.29, 1.82) is 0 Å². The molecule has 0 saturated carbocycles. The van der Waals surface area contributed by atoms with Gasteiger partial charge in [-0.15, -0.1) is 11.3 Å². The van der Waals surface area contributed by atoms with Crippen LogP contribution >= 0.6 is 11.3 Å². The summed E-state index contributed by atoms with van der Waals surface area (Å²) in [4.78, 5) is 2.44. The van der Waals surface area contributed by atoms with Crippen molar-refractivity contribution in [3.05, 3.63) is 151 Å². The standard InChI is InChI=1S/C43H29NOS/c1-43(2)34-16-9-8-15-30(34)31-22-20-28(25-35(31)43)44(27-12-4-3-5-13-27)36-17-10-18-37-39(36)40-38(46-37)24-23-33-32-21-19-26-11-6-7-14-29(26)41(32)45-42(33)40/h3-25H,1-2H3. The molecule has 0 bridgehead atoms. The molecule has 0 amide bonds. The quantitative estimate of drug-likeness (QED) is 0.199. The van der Waals surface area contributed by atoms with E-state index < -0.39 is 0 Å². The van der Waals surface area contributed by atoms with E-state index in [1.807, 2.05) is 11.3 Å². The molecule has 2 aromatic heterocycles. The summed E-state index contributed by atoms with van der Waals surface area (Å²) < 4.78 is 9.39. The molecule has 2 nitrogen and oxygen atoms in total. The van der Waals surface area contributed by atoms with Gasteiger partial charge in [0.05, 0.1) is 5.69 Å². The third-order valence-electron chi connectivity index (χ3n) is 10.0. The van der Waals surface area contributed by atoms with Crippen molar-refractivity contribution in [2.45, 2.75) is 19.3 Å². The number of thiophene rings is 1. The van der Waals surface area contributed by atoms with Gasteiger partial charge in [0, 0.05) is 53.1 Å². The molecule has 0 saturated heterocycles. The van der Waals surface area contributed by atoms with Gasteiger partial charge in [0.2, 0.25) is 0 Å². The van der Waals surface area contributed by atoms with E-state index >= 15 is 0 Å². The Labute approximate surface area is 270 Å². The highest BCUT2D eigenvalue weighted by Crippen LogP contribution is 2.52. The van der Waals surface area contributed by atoms with E-state index in [-0.39, 0.29) is 5.41 Å². The van der Waals surface area contributed by atoms with Crippen LogP contribution in [-0.2, 0) is 5.41 Å². The van der Waals surface area contributed by atoms with Crippen molar-refractivity contribution in [2.75, 3.05) is 4.90 Å². The number of hydrogen-bond acceptors (Lipinski definition) is 3. The van der Waals surface area contributed by atoms with Gasteiger partial charge >= 0.3 is 0 Å². The summed E-state index contributed by atoms with van der Waals surface area (Å²) in [5.41, 5.74) is 10.7. The maximum absolute atomic E-state index is 6.90. The van der Waals surface area contributed by atoms with Crippen molar-refractivity contribution in [1.82, 2.24) is 0 Å². The molecule has 0 spiro atoms. The van der Waals surface area contributed by atoms with Gasteiger partial charge in [-0.2, -0.15) is 0 Å². The van der Waals surface area contributed by atoms with Crippen molar-refractivity contribution in [3.63, 3.8) is 0 Å². The number of anilines is 3. The molecule has 0 aliphatic heterocycles. The third-order valence-corrected chi connectivity index (χ3v) is 11.2. The number of fused-ring (bicyclic) bond motifs is 12. The van der Waals surface area contributed by atoms with Gasteiger partial charge in [-0.3, -0.25) is 0 Å². The van der Waals surface area contributed by atoms with E-state index in [0.29, 0.717) is 0 Å². The average Bonchev–Trinajstić information content (AvgIpc) is 3.74. The number of para-hydroxylation sites is 1. The molecular weight excluding hydrogens is 579 g/mol. The van der Waals surface area contributed by atoms with Crippen LogP contribution in [0.1, 0.15) is 25.0 Å². The van der Waals surface area contributed by atoms with Gasteiger partial charge < -0.3 is 9.32 Å². The number of hydrogen-bond donors (Lipinski definition) is 0. The second-order valence-corrected chi connectivity index (χ2v) is 14.0. The lowest BCUT2D eigenvalue weighted by atomic mass is 9.82. The van der Waals surface area contributed by atoms with Crippen LogP contribution in [0.5, 0.6) is 0 Å². The predicted octanol–water partition coefficient (Wildman–Crippen LogP) is 12.9. The Kier molecular flexibility index (Phi) is 5.25. The van der Waals surface area contributed by atoms with E-state index in [9.17, 15) is 0 Å². The highest BCUT2D eigenvalue weighted by Gasteiger charge is 2.36. The SMILES string of the molecule is CC1(C)c2ccccc2-c2ccc(N(c3ccccc3)c3cccc4sc5ccc6c7ccc8ccccc8c7oc6c5c34)cc21. The Balaban J connectivity index is 1.28. The van der Waals surface area contributed by atoms with Crippen LogP contribution in [-0.4, -0.2) is 0 Å². The number of rotatable bonds is 3. The third kappa shape index (κ3) is 3.46. The molecule has 10 rings (SSSR count). The second kappa shape index (κ2) is 9.32. The molecule has 1 aliphatic carbocycles. The first-order valence-corrected chi connectivity index (χ1v) is 16.7. The lowest BCUT2D eigenvalue weighted by Crippen LogP contribution is -2.16. The molecule has 0 unspecified atom stereocenters. The zero-order valence-corrected chi connectivity index (χ0v) is 26.4. The molecule has 0 N–H and O–H groups in total. The lowest BCUT2D eigenvalue weighted by Gasteiger charge is -2.28. The van der Waals surface area contributed by atoms with Crippen LogP contribution in [0.25, 0.3) is 64.0 Å². The molecule has 218 valence electrons. The van der Waals surface area contributed by atoms with Crippen molar-refractivity contribution in [3.8, 4) is 11.1 Å². The molecule has 0 atom stereocenters. The summed E-state index contributed by atoms with van der Waals surface area (Å²) in [6.45, 7) is 4.70. The first-order valence-electron chi connectivity index (χ1n) is 15.9. The van der Waals surface area contributed by atoms with Crippen LogP contribution in [0.15, 0.2) is 144 Å². The van der Waals surface area contributed by atoms with Crippen molar-refractivity contribution >= 4 is 81.3 Å². The highest BCUT2D eigenvalue weighted by molar-refractivity contribution is 7.26. The monoisotopic (exact) mass is 607 g/mol. The van der Waals surface area contributed by atoms with Crippen LogP contribution in [0, 0.1) is 0 Å². The molecule has 1 aliphatic rings. The average molecular weight is 608 g/mol. The number of nitrogens with zero attached hydrogens (tertiary/aromatic N) is 1. The molecular formula is C43H29NOS. The molecule has 9 aromatic rings. The van der Waals surface area contributed by atoms with Crippen molar-refractivity contribution < 1.29 is 4.42 Å². The minimum atomic E-state index is -0.0887. The van der Waals surface area contributed by atoms with E-state index in [1.54, 1.807) is 0 Å². The highest BCUT2D eigenvalue weighted by atomic mass is 32.1. The fourth-order valence-electron chi connectivity index (χ4n) is 7.87. The summed E-state index contributed by atoms with van der Waals surface area (Å²) in [5.74, 6) is 0. The number of benzene rings is 7. The summed E-state index contributed by atoms with van der Waals surface area (Å²) in [6, 6.07) is 50.8. The Morgan fingerprint density at radius 1 is 0.522 bits per heavy atom. The van der Waals surface area contributed by atoms with Gasteiger partial charge in [0.1, 0.15) is 11.2 Å². The van der Waals surface area contributed by atoms with Crippen LogP contribution in [0.2, 0.25) is 0 Å². The largest absolute Gasteiger partial charge is 0.455 e. The van der Waals surface area contributed by atoms with E-state index in [1.165, 1.54) is 47.8 Å². The fraction of sp³-hybridized carbons (Fsp3) is 0.0698. The minimum absolute atomic E-state index is 0.0887. The van der Waals surface area contributed by atoms with Gasteiger partial charge in [0.25, 0.3) is 0 Å².